The van der Waals surface area contributed by atoms with E-state index in [1.165, 1.54) is 45.6 Å². The molecule has 0 atom stereocenters. The van der Waals surface area contributed by atoms with Crippen molar-refractivity contribution >= 4 is 5.91 Å². The van der Waals surface area contributed by atoms with E-state index in [-0.39, 0.29) is 18.1 Å². The molecule has 0 saturated carbocycles. The summed E-state index contributed by atoms with van der Waals surface area (Å²) in [5.41, 5.74) is 0.106. The number of piperidine rings is 1. The maximum Gasteiger partial charge on any atom is 0.246 e. The lowest BCUT2D eigenvalue weighted by atomic mass is 9.95. The second-order valence-electron chi connectivity index (χ2n) is 10.6. The number of hydrogen-bond donors (Lipinski definition) is 1. The van der Waals surface area contributed by atoms with Gasteiger partial charge in [-0.2, -0.15) is 0 Å². The molecule has 1 amide bonds. The maximum absolute atomic E-state index is 11.8. The van der Waals surface area contributed by atoms with Crippen LogP contribution in [-0.4, -0.2) is 97.3 Å². The molecule has 2 saturated heterocycles. The predicted octanol–water partition coefficient (Wildman–Crippen LogP) is 2.05. The van der Waals surface area contributed by atoms with Crippen LogP contribution >= 0.6 is 0 Å². The minimum Gasteiger partial charge on any atom is -0.370 e. The molecule has 2 rings (SSSR count). The van der Waals surface area contributed by atoms with E-state index in [2.05, 4.69) is 40.8 Å². The van der Waals surface area contributed by atoms with Gasteiger partial charge in [0, 0.05) is 50.3 Å². The molecule has 0 bridgehead atoms. The highest BCUT2D eigenvalue weighted by molar-refractivity contribution is 5.77. The first kappa shape index (κ1) is 23.6. The largest absolute Gasteiger partial charge is 0.370 e. The standard InChI is InChI=1S/C22H44N4O2/c1-21(2,3)23-20(27)18-28-16-15-24-9-7-19(8-10-24)17-25-11-13-26(14-12-25)22(4,5)6/h19H,7-18H2,1-6H3,(H,23,27). The van der Waals surface area contributed by atoms with Crippen molar-refractivity contribution in [3.05, 3.63) is 0 Å². The summed E-state index contributed by atoms with van der Waals surface area (Å²) < 4.78 is 5.56. The Labute approximate surface area is 172 Å². The topological polar surface area (TPSA) is 48.1 Å². The van der Waals surface area contributed by atoms with Gasteiger partial charge in [-0.1, -0.05) is 0 Å². The third-order valence-electron chi connectivity index (χ3n) is 5.84. The summed E-state index contributed by atoms with van der Waals surface area (Å²) in [6.45, 7) is 23.0. The molecule has 28 heavy (non-hydrogen) atoms. The van der Waals surface area contributed by atoms with Crippen LogP contribution in [0, 0.1) is 5.92 Å². The van der Waals surface area contributed by atoms with E-state index in [0.717, 1.165) is 25.6 Å². The first-order valence-electron chi connectivity index (χ1n) is 11.1. The molecule has 0 unspecified atom stereocenters. The summed E-state index contributed by atoms with van der Waals surface area (Å²) in [6, 6.07) is 0. The molecule has 0 spiro atoms. The van der Waals surface area contributed by atoms with Gasteiger partial charge in [0.2, 0.25) is 5.91 Å². The van der Waals surface area contributed by atoms with Crippen molar-refractivity contribution in [1.82, 2.24) is 20.0 Å². The molecular formula is C22H44N4O2. The van der Waals surface area contributed by atoms with Crippen molar-refractivity contribution in [3.63, 3.8) is 0 Å². The van der Waals surface area contributed by atoms with Gasteiger partial charge in [-0.05, 0) is 73.4 Å². The summed E-state index contributed by atoms with van der Waals surface area (Å²) in [4.78, 5) is 19.5. The van der Waals surface area contributed by atoms with E-state index in [1.54, 1.807) is 0 Å². The average molecular weight is 397 g/mol. The molecule has 0 aliphatic carbocycles. The van der Waals surface area contributed by atoms with Gasteiger partial charge in [0.1, 0.15) is 6.61 Å². The number of carbonyl (C=O) groups excluding carboxylic acids is 1. The monoisotopic (exact) mass is 396 g/mol. The van der Waals surface area contributed by atoms with Crippen LogP contribution in [0.15, 0.2) is 0 Å². The molecule has 2 aliphatic rings. The van der Waals surface area contributed by atoms with Crippen LogP contribution in [0.3, 0.4) is 0 Å². The Morgan fingerprint density at radius 3 is 2.07 bits per heavy atom. The first-order chi connectivity index (χ1) is 13.0. The molecule has 0 radical (unpaired) electrons. The van der Waals surface area contributed by atoms with Crippen molar-refractivity contribution in [2.45, 2.75) is 65.5 Å². The molecule has 1 N–H and O–H groups in total. The number of rotatable bonds is 7. The minimum absolute atomic E-state index is 0.0298. The summed E-state index contributed by atoms with van der Waals surface area (Å²) in [6.07, 6.45) is 2.56. The van der Waals surface area contributed by atoms with E-state index >= 15 is 0 Å². The highest BCUT2D eigenvalue weighted by Crippen LogP contribution is 2.21. The number of amides is 1. The van der Waals surface area contributed by atoms with Crippen LogP contribution in [-0.2, 0) is 9.53 Å². The third kappa shape index (κ3) is 8.76. The minimum atomic E-state index is -0.193. The van der Waals surface area contributed by atoms with Crippen LogP contribution < -0.4 is 5.32 Å². The van der Waals surface area contributed by atoms with Crippen LogP contribution in [0.4, 0.5) is 0 Å². The van der Waals surface area contributed by atoms with Crippen LogP contribution in [0.25, 0.3) is 0 Å². The smallest absolute Gasteiger partial charge is 0.246 e. The summed E-state index contributed by atoms with van der Waals surface area (Å²) in [5.74, 6) is 0.800. The highest BCUT2D eigenvalue weighted by Gasteiger charge is 2.28. The zero-order chi connectivity index (χ0) is 20.8. The number of nitrogens with one attached hydrogen (secondary N) is 1. The predicted molar refractivity (Wildman–Crippen MR) is 116 cm³/mol. The van der Waals surface area contributed by atoms with Gasteiger partial charge in [-0.3, -0.25) is 9.69 Å². The van der Waals surface area contributed by atoms with Crippen LogP contribution in [0.2, 0.25) is 0 Å². The summed E-state index contributed by atoms with van der Waals surface area (Å²) in [5, 5.41) is 2.93. The Hall–Kier alpha value is -0.690. The lowest BCUT2D eigenvalue weighted by molar-refractivity contribution is -0.127. The van der Waals surface area contributed by atoms with E-state index in [0.29, 0.717) is 12.1 Å². The number of likely N-dealkylation sites (tertiary alicyclic amines) is 1. The number of hydrogen-bond acceptors (Lipinski definition) is 5. The van der Waals surface area contributed by atoms with Gasteiger partial charge in [-0.25, -0.2) is 0 Å². The van der Waals surface area contributed by atoms with E-state index in [4.69, 9.17) is 4.74 Å². The van der Waals surface area contributed by atoms with Crippen molar-refractivity contribution in [1.29, 1.82) is 0 Å². The van der Waals surface area contributed by atoms with E-state index in [9.17, 15) is 4.79 Å². The lowest BCUT2D eigenvalue weighted by Gasteiger charge is -2.43. The molecule has 0 aromatic rings. The van der Waals surface area contributed by atoms with Crippen molar-refractivity contribution in [3.8, 4) is 0 Å². The fraction of sp³-hybridized carbons (Fsp3) is 0.955. The van der Waals surface area contributed by atoms with Gasteiger partial charge in [0.25, 0.3) is 0 Å². The molecule has 0 aromatic heterocycles. The van der Waals surface area contributed by atoms with Gasteiger partial charge in [-0.15, -0.1) is 0 Å². The molecular weight excluding hydrogens is 352 g/mol. The zero-order valence-electron chi connectivity index (χ0n) is 19.2. The van der Waals surface area contributed by atoms with Gasteiger partial charge >= 0.3 is 0 Å². The van der Waals surface area contributed by atoms with Crippen molar-refractivity contribution in [2.24, 2.45) is 5.92 Å². The van der Waals surface area contributed by atoms with Gasteiger partial charge in [0.15, 0.2) is 0 Å². The van der Waals surface area contributed by atoms with Crippen molar-refractivity contribution in [2.75, 3.05) is 65.6 Å². The first-order valence-corrected chi connectivity index (χ1v) is 11.1. The quantitative estimate of drug-likeness (QED) is 0.668. The van der Waals surface area contributed by atoms with Gasteiger partial charge < -0.3 is 19.9 Å². The van der Waals surface area contributed by atoms with Crippen molar-refractivity contribution < 1.29 is 9.53 Å². The zero-order valence-corrected chi connectivity index (χ0v) is 19.2. The summed E-state index contributed by atoms with van der Waals surface area (Å²) in [7, 11) is 0. The van der Waals surface area contributed by atoms with Crippen LogP contribution in [0.1, 0.15) is 54.4 Å². The number of piperazine rings is 1. The number of nitrogens with zero attached hydrogens (tertiary/aromatic N) is 3. The Morgan fingerprint density at radius 1 is 0.929 bits per heavy atom. The molecule has 2 fully saturated rings. The summed E-state index contributed by atoms with van der Waals surface area (Å²) >= 11 is 0. The van der Waals surface area contributed by atoms with Crippen LogP contribution in [0.5, 0.6) is 0 Å². The molecule has 2 aliphatic heterocycles. The lowest BCUT2D eigenvalue weighted by Crippen LogP contribution is -2.54. The van der Waals surface area contributed by atoms with E-state index in [1.807, 2.05) is 20.8 Å². The Morgan fingerprint density at radius 2 is 1.54 bits per heavy atom. The van der Waals surface area contributed by atoms with Gasteiger partial charge in [0.05, 0.1) is 6.61 Å². The normalized spacial score (nSPS) is 21.8. The Kier molecular flexibility index (Phi) is 8.74. The second-order valence-corrected chi connectivity index (χ2v) is 10.6. The Balaban J connectivity index is 1.54. The number of ether oxygens (including phenoxy) is 1. The molecule has 2 heterocycles. The Bertz CT molecular complexity index is 468. The fourth-order valence-corrected chi connectivity index (χ4v) is 4.17. The molecule has 0 aromatic carbocycles. The number of carbonyl (C=O) groups is 1. The maximum atomic E-state index is 11.8. The average Bonchev–Trinajstić information content (AvgIpc) is 2.58. The SMILES string of the molecule is CC(C)(C)NC(=O)COCCN1CCC(CN2CCN(C(C)(C)C)CC2)CC1. The molecule has 6 nitrogen and oxygen atoms in total. The van der Waals surface area contributed by atoms with E-state index < -0.39 is 0 Å². The second kappa shape index (κ2) is 10.4. The molecule has 6 heteroatoms. The fourth-order valence-electron chi connectivity index (χ4n) is 4.17. The molecule has 164 valence electrons. The highest BCUT2D eigenvalue weighted by atomic mass is 16.5. The third-order valence-corrected chi connectivity index (χ3v) is 5.84.